The maximum atomic E-state index is 10.5. The first-order valence-corrected chi connectivity index (χ1v) is 7.47. The first-order chi connectivity index (χ1) is 7.81. The van der Waals surface area contributed by atoms with E-state index in [-0.39, 0.29) is 4.90 Å². The average Bonchev–Trinajstić information content (AvgIpc) is 2.28. The highest BCUT2D eigenvalue weighted by atomic mass is 32.2. The first-order valence-electron chi connectivity index (χ1n) is 4.81. The molecule has 0 radical (unpaired) electrons. The summed E-state index contributed by atoms with van der Waals surface area (Å²) in [4.78, 5) is -0.0666. The van der Waals surface area contributed by atoms with Crippen LogP contribution >= 0.6 is 11.8 Å². The van der Waals surface area contributed by atoms with Gasteiger partial charge in [0.2, 0.25) is 0 Å². The van der Waals surface area contributed by atoms with Gasteiger partial charge in [-0.2, -0.15) is 8.42 Å². The summed E-state index contributed by atoms with van der Waals surface area (Å²) in [5.41, 5.74) is 6.25. The second-order valence-electron chi connectivity index (χ2n) is 3.18. The Kier molecular flexibility index (Phi) is 6.94. The molecular weight excluding hydrogens is 258 g/mol. The zero-order valence-electron chi connectivity index (χ0n) is 10.0. The van der Waals surface area contributed by atoms with Gasteiger partial charge in [-0.1, -0.05) is 23.8 Å². The SMILES string of the molecule is CC=C(N)SC.Cc1ccc(S(=O)(=O)O)cc1. The predicted octanol–water partition coefficient (Wildman–Crippen LogP) is 2.41. The number of nitrogens with two attached hydrogens (primary N) is 1. The third-order valence-electron chi connectivity index (χ3n) is 1.84. The van der Waals surface area contributed by atoms with Crippen molar-refractivity contribution in [2.45, 2.75) is 18.7 Å². The highest BCUT2D eigenvalue weighted by Gasteiger charge is 2.06. The lowest BCUT2D eigenvalue weighted by atomic mass is 10.2. The van der Waals surface area contributed by atoms with Crippen molar-refractivity contribution in [1.29, 1.82) is 0 Å². The average molecular weight is 275 g/mol. The highest BCUT2D eigenvalue weighted by Crippen LogP contribution is 2.08. The Balaban J connectivity index is 0.000000366. The second kappa shape index (κ2) is 7.37. The van der Waals surface area contributed by atoms with Crippen LogP contribution in [0.4, 0.5) is 0 Å². The van der Waals surface area contributed by atoms with Crippen molar-refractivity contribution in [3.8, 4) is 0 Å². The Morgan fingerprint density at radius 2 is 1.82 bits per heavy atom. The van der Waals surface area contributed by atoms with E-state index in [1.165, 1.54) is 12.1 Å². The maximum absolute atomic E-state index is 10.5. The van der Waals surface area contributed by atoms with Crippen molar-refractivity contribution in [2.75, 3.05) is 6.26 Å². The highest BCUT2D eigenvalue weighted by molar-refractivity contribution is 8.02. The lowest BCUT2D eigenvalue weighted by molar-refractivity contribution is 0.483. The van der Waals surface area contributed by atoms with E-state index in [2.05, 4.69) is 0 Å². The lowest BCUT2D eigenvalue weighted by Gasteiger charge is -1.95. The molecule has 0 fully saturated rings. The summed E-state index contributed by atoms with van der Waals surface area (Å²) in [7, 11) is -4.02. The fourth-order valence-corrected chi connectivity index (χ4v) is 1.54. The van der Waals surface area contributed by atoms with E-state index in [4.69, 9.17) is 10.3 Å². The van der Waals surface area contributed by atoms with Crippen molar-refractivity contribution in [1.82, 2.24) is 0 Å². The van der Waals surface area contributed by atoms with Gasteiger partial charge < -0.3 is 5.73 Å². The van der Waals surface area contributed by atoms with E-state index in [0.29, 0.717) is 0 Å². The molecule has 0 aliphatic rings. The van der Waals surface area contributed by atoms with Crippen molar-refractivity contribution >= 4 is 21.9 Å². The second-order valence-corrected chi connectivity index (χ2v) is 5.48. The van der Waals surface area contributed by atoms with Gasteiger partial charge in [-0.15, -0.1) is 11.8 Å². The van der Waals surface area contributed by atoms with Crippen LogP contribution in [0, 0.1) is 6.92 Å². The molecule has 0 bridgehead atoms. The van der Waals surface area contributed by atoms with Gasteiger partial charge in [0.15, 0.2) is 0 Å². The summed E-state index contributed by atoms with van der Waals surface area (Å²) < 4.78 is 29.6. The number of hydrogen-bond acceptors (Lipinski definition) is 4. The molecule has 0 atom stereocenters. The monoisotopic (exact) mass is 275 g/mol. The number of benzene rings is 1. The zero-order valence-corrected chi connectivity index (χ0v) is 11.7. The molecule has 0 unspecified atom stereocenters. The Morgan fingerprint density at radius 3 is 2.06 bits per heavy atom. The minimum atomic E-state index is -4.02. The minimum Gasteiger partial charge on any atom is -0.394 e. The molecule has 0 aliphatic carbocycles. The number of hydrogen-bond donors (Lipinski definition) is 2. The molecule has 0 aromatic heterocycles. The van der Waals surface area contributed by atoms with E-state index in [1.807, 2.05) is 26.2 Å². The number of aryl methyl sites for hydroxylation is 1. The van der Waals surface area contributed by atoms with Gasteiger partial charge in [-0.3, -0.25) is 4.55 Å². The molecule has 0 amide bonds. The lowest BCUT2D eigenvalue weighted by Crippen LogP contribution is -1.96. The number of thioether (sulfide) groups is 1. The van der Waals surface area contributed by atoms with Gasteiger partial charge in [-0.05, 0) is 32.2 Å². The van der Waals surface area contributed by atoms with Crippen LogP contribution in [0.3, 0.4) is 0 Å². The summed E-state index contributed by atoms with van der Waals surface area (Å²) in [5.74, 6) is 0. The Morgan fingerprint density at radius 1 is 1.35 bits per heavy atom. The van der Waals surface area contributed by atoms with Crippen LogP contribution in [0.15, 0.2) is 40.3 Å². The minimum absolute atomic E-state index is 0.0666. The van der Waals surface area contributed by atoms with E-state index >= 15 is 0 Å². The van der Waals surface area contributed by atoms with Crippen LogP contribution in [-0.4, -0.2) is 19.2 Å². The van der Waals surface area contributed by atoms with Crippen molar-refractivity contribution < 1.29 is 13.0 Å². The predicted molar refractivity (Wildman–Crippen MR) is 72.5 cm³/mol. The quantitative estimate of drug-likeness (QED) is 0.810. The third kappa shape index (κ3) is 7.04. The zero-order chi connectivity index (χ0) is 13.5. The Labute approximate surface area is 107 Å². The molecule has 4 nitrogen and oxygen atoms in total. The van der Waals surface area contributed by atoms with E-state index in [9.17, 15) is 8.42 Å². The summed E-state index contributed by atoms with van der Waals surface area (Å²) in [6.07, 6.45) is 3.83. The van der Waals surface area contributed by atoms with Crippen LogP contribution in [-0.2, 0) is 10.1 Å². The molecule has 1 aromatic carbocycles. The molecule has 6 heteroatoms. The Hall–Kier alpha value is -0.980. The Bertz CT molecular complexity index is 464. The van der Waals surface area contributed by atoms with Crippen molar-refractivity contribution in [3.63, 3.8) is 0 Å². The topological polar surface area (TPSA) is 80.4 Å². The molecule has 3 N–H and O–H groups in total. The molecule has 96 valence electrons. The van der Waals surface area contributed by atoms with Crippen molar-refractivity contribution in [2.24, 2.45) is 5.73 Å². The molecule has 0 heterocycles. The van der Waals surface area contributed by atoms with E-state index < -0.39 is 10.1 Å². The van der Waals surface area contributed by atoms with Gasteiger partial charge in [0, 0.05) is 0 Å². The van der Waals surface area contributed by atoms with Crippen LogP contribution in [0.2, 0.25) is 0 Å². The van der Waals surface area contributed by atoms with Crippen LogP contribution < -0.4 is 5.73 Å². The molecule has 0 saturated carbocycles. The summed E-state index contributed by atoms with van der Waals surface area (Å²) >= 11 is 1.56. The first kappa shape index (κ1) is 16.0. The molecule has 17 heavy (non-hydrogen) atoms. The van der Waals surface area contributed by atoms with Gasteiger partial charge in [0.05, 0.1) is 9.92 Å². The summed E-state index contributed by atoms with van der Waals surface area (Å²) in [6, 6.07) is 5.99. The van der Waals surface area contributed by atoms with Gasteiger partial charge in [0.25, 0.3) is 10.1 Å². The van der Waals surface area contributed by atoms with Crippen LogP contribution in [0.5, 0.6) is 0 Å². The molecule has 1 rings (SSSR count). The summed E-state index contributed by atoms with van der Waals surface area (Å²) in [6.45, 7) is 3.76. The van der Waals surface area contributed by atoms with Gasteiger partial charge in [0.1, 0.15) is 0 Å². The number of rotatable bonds is 2. The maximum Gasteiger partial charge on any atom is 0.294 e. The molecule has 0 spiro atoms. The van der Waals surface area contributed by atoms with Gasteiger partial charge >= 0.3 is 0 Å². The smallest absolute Gasteiger partial charge is 0.294 e. The van der Waals surface area contributed by atoms with Gasteiger partial charge in [-0.25, -0.2) is 0 Å². The molecule has 1 aromatic rings. The van der Waals surface area contributed by atoms with E-state index in [0.717, 1.165) is 10.6 Å². The third-order valence-corrected chi connectivity index (χ3v) is 3.41. The van der Waals surface area contributed by atoms with E-state index in [1.54, 1.807) is 23.9 Å². The molecular formula is C11H17NO3S2. The standard InChI is InChI=1S/C7H8O3S.C4H9NS/c1-6-2-4-7(5-3-6)11(8,9)10;1-3-4(5)6-2/h2-5H,1H3,(H,8,9,10);3H,5H2,1-2H3. The fraction of sp³-hybridized carbons (Fsp3) is 0.273. The summed E-state index contributed by atoms with van der Waals surface area (Å²) in [5, 5.41) is 0.884. The fourth-order valence-electron chi connectivity index (χ4n) is 0.828. The van der Waals surface area contributed by atoms with Crippen LogP contribution in [0.25, 0.3) is 0 Å². The van der Waals surface area contributed by atoms with Crippen LogP contribution in [0.1, 0.15) is 12.5 Å². The normalized spacial score (nSPS) is 11.6. The molecule has 0 aliphatic heterocycles. The largest absolute Gasteiger partial charge is 0.394 e. The number of allylic oxidation sites excluding steroid dienone is 1. The molecule has 0 saturated heterocycles. The van der Waals surface area contributed by atoms with Crippen molar-refractivity contribution in [3.05, 3.63) is 40.9 Å².